The Morgan fingerprint density at radius 1 is 1.21 bits per heavy atom. The van der Waals surface area contributed by atoms with E-state index in [9.17, 15) is 4.79 Å². The van der Waals surface area contributed by atoms with E-state index in [0.29, 0.717) is 19.6 Å². The van der Waals surface area contributed by atoms with Crippen molar-refractivity contribution >= 4 is 5.91 Å². The zero-order chi connectivity index (χ0) is 13.2. The molecule has 0 radical (unpaired) electrons. The van der Waals surface area contributed by atoms with Crippen LogP contribution in [-0.2, 0) is 17.9 Å². The standard InChI is InChI=1S/C14H14N4O/c1-2-13(19)17-8-9-18-12(10-17)15-16-14(18)11-6-4-3-5-7-11/h2-7H,1,8-10H2. The Bertz CT molecular complexity index is 618. The molecule has 0 spiro atoms. The molecule has 3 rings (SSSR count). The molecule has 19 heavy (non-hydrogen) atoms. The predicted octanol–water partition coefficient (Wildman–Crippen LogP) is 1.47. The van der Waals surface area contributed by atoms with Gasteiger partial charge in [-0.3, -0.25) is 4.79 Å². The molecule has 1 aromatic heterocycles. The van der Waals surface area contributed by atoms with Crippen LogP contribution < -0.4 is 0 Å². The van der Waals surface area contributed by atoms with Gasteiger partial charge in [0.15, 0.2) is 11.6 Å². The second-order valence-electron chi connectivity index (χ2n) is 4.42. The fourth-order valence-corrected chi connectivity index (χ4v) is 2.28. The van der Waals surface area contributed by atoms with Crippen molar-refractivity contribution in [2.45, 2.75) is 13.1 Å². The van der Waals surface area contributed by atoms with Crippen LogP contribution in [0.2, 0.25) is 0 Å². The number of rotatable bonds is 2. The molecule has 0 atom stereocenters. The Kier molecular flexibility index (Phi) is 2.87. The average Bonchev–Trinajstić information content (AvgIpc) is 2.90. The molecule has 5 heteroatoms. The van der Waals surface area contributed by atoms with Crippen molar-refractivity contribution in [2.75, 3.05) is 6.54 Å². The molecule has 5 nitrogen and oxygen atoms in total. The molecule has 0 N–H and O–H groups in total. The summed E-state index contributed by atoms with van der Waals surface area (Å²) in [7, 11) is 0. The summed E-state index contributed by atoms with van der Waals surface area (Å²) < 4.78 is 2.07. The monoisotopic (exact) mass is 254 g/mol. The van der Waals surface area contributed by atoms with E-state index in [1.807, 2.05) is 30.3 Å². The molecular formula is C14H14N4O. The van der Waals surface area contributed by atoms with Gasteiger partial charge in [0, 0.05) is 18.7 Å². The maximum atomic E-state index is 11.6. The van der Waals surface area contributed by atoms with Crippen molar-refractivity contribution in [1.29, 1.82) is 0 Å². The molecule has 0 bridgehead atoms. The van der Waals surface area contributed by atoms with Gasteiger partial charge in [-0.2, -0.15) is 0 Å². The number of benzene rings is 1. The largest absolute Gasteiger partial charge is 0.330 e. The molecule has 0 aliphatic carbocycles. The first kappa shape index (κ1) is 11.6. The van der Waals surface area contributed by atoms with Crippen molar-refractivity contribution < 1.29 is 4.79 Å². The predicted molar refractivity (Wildman–Crippen MR) is 71.1 cm³/mol. The zero-order valence-corrected chi connectivity index (χ0v) is 10.5. The van der Waals surface area contributed by atoms with E-state index >= 15 is 0 Å². The summed E-state index contributed by atoms with van der Waals surface area (Å²) in [4.78, 5) is 13.3. The Labute approximate surface area is 111 Å². The quantitative estimate of drug-likeness (QED) is 0.763. The van der Waals surface area contributed by atoms with Crippen LogP contribution in [0, 0.1) is 0 Å². The van der Waals surface area contributed by atoms with Gasteiger partial charge in [0.25, 0.3) is 0 Å². The number of nitrogens with zero attached hydrogens (tertiary/aromatic N) is 4. The molecule has 0 fully saturated rings. The minimum atomic E-state index is -0.0597. The fraction of sp³-hybridized carbons (Fsp3) is 0.214. The minimum absolute atomic E-state index is 0.0597. The fourth-order valence-electron chi connectivity index (χ4n) is 2.28. The number of carbonyl (C=O) groups is 1. The molecular weight excluding hydrogens is 240 g/mol. The highest BCUT2D eigenvalue weighted by molar-refractivity contribution is 5.87. The molecule has 96 valence electrons. The lowest BCUT2D eigenvalue weighted by molar-refractivity contribution is -0.127. The smallest absolute Gasteiger partial charge is 0.246 e. The van der Waals surface area contributed by atoms with Crippen molar-refractivity contribution in [1.82, 2.24) is 19.7 Å². The summed E-state index contributed by atoms with van der Waals surface area (Å²) in [6.45, 7) is 5.38. The van der Waals surface area contributed by atoms with Gasteiger partial charge < -0.3 is 9.47 Å². The lowest BCUT2D eigenvalue weighted by atomic mass is 10.2. The first-order valence-electron chi connectivity index (χ1n) is 6.18. The van der Waals surface area contributed by atoms with Gasteiger partial charge in [-0.05, 0) is 6.08 Å². The molecule has 0 saturated heterocycles. The third-order valence-electron chi connectivity index (χ3n) is 3.27. The summed E-state index contributed by atoms with van der Waals surface area (Å²) in [5, 5.41) is 8.42. The van der Waals surface area contributed by atoms with E-state index in [-0.39, 0.29) is 5.91 Å². The number of aromatic nitrogens is 3. The minimum Gasteiger partial charge on any atom is -0.330 e. The number of carbonyl (C=O) groups excluding carboxylic acids is 1. The number of amides is 1. The van der Waals surface area contributed by atoms with Gasteiger partial charge in [0.05, 0.1) is 6.54 Å². The van der Waals surface area contributed by atoms with Gasteiger partial charge in [0.1, 0.15) is 0 Å². The molecule has 2 aromatic rings. The third kappa shape index (κ3) is 2.03. The highest BCUT2D eigenvalue weighted by Crippen LogP contribution is 2.21. The van der Waals surface area contributed by atoms with E-state index in [1.165, 1.54) is 6.08 Å². The van der Waals surface area contributed by atoms with Crippen LogP contribution in [-0.4, -0.2) is 32.1 Å². The average molecular weight is 254 g/mol. The molecule has 1 aliphatic rings. The summed E-state index contributed by atoms with van der Waals surface area (Å²) in [5.74, 6) is 1.62. The van der Waals surface area contributed by atoms with Gasteiger partial charge in [-0.1, -0.05) is 36.9 Å². The van der Waals surface area contributed by atoms with Crippen LogP contribution in [0.3, 0.4) is 0 Å². The molecule has 1 aliphatic heterocycles. The van der Waals surface area contributed by atoms with Crippen LogP contribution >= 0.6 is 0 Å². The van der Waals surface area contributed by atoms with Crippen LogP contribution in [0.4, 0.5) is 0 Å². The number of hydrogen-bond donors (Lipinski definition) is 0. The summed E-state index contributed by atoms with van der Waals surface area (Å²) in [6.07, 6.45) is 1.34. The highest BCUT2D eigenvalue weighted by atomic mass is 16.2. The van der Waals surface area contributed by atoms with Gasteiger partial charge >= 0.3 is 0 Å². The van der Waals surface area contributed by atoms with E-state index < -0.39 is 0 Å². The van der Waals surface area contributed by atoms with Crippen LogP contribution in [0.25, 0.3) is 11.4 Å². The second-order valence-corrected chi connectivity index (χ2v) is 4.42. The van der Waals surface area contributed by atoms with Crippen molar-refractivity contribution in [3.63, 3.8) is 0 Å². The normalized spacial score (nSPS) is 14.0. The second kappa shape index (κ2) is 4.68. The summed E-state index contributed by atoms with van der Waals surface area (Å²) >= 11 is 0. The van der Waals surface area contributed by atoms with E-state index in [2.05, 4.69) is 21.3 Å². The zero-order valence-electron chi connectivity index (χ0n) is 10.5. The SMILES string of the molecule is C=CC(=O)N1CCn2c(nnc2-c2ccccc2)C1. The Morgan fingerprint density at radius 2 is 2.00 bits per heavy atom. The lowest BCUT2D eigenvalue weighted by Gasteiger charge is -2.26. The summed E-state index contributed by atoms with van der Waals surface area (Å²) in [5.41, 5.74) is 1.05. The third-order valence-corrected chi connectivity index (χ3v) is 3.27. The van der Waals surface area contributed by atoms with Crippen LogP contribution in [0.15, 0.2) is 43.0 Å². The number of hydrogen-bond acceptors (Lipinski definition) is 3. The summed E-state index contributed by atoms with van der Waals surface area (Å²) in [6, 6.07) is 9.96. The molecule has 1 aromatic carbocycles. The van der Waals surface area contributed by atoms with E-state index in [4.69, 9.17) is 0 Å². The Hall–Kier alpha value is -2.43. The highest BCUT2D eigenvalue weighted by Gasteiger charge is 2.23. The molecule has 0 saturated carbocycles. The maximum Gasteiger partial charge on any atom is 0.246 e. The first-order valence-corrected chi connectivity index (χ1v) is 6.18. The Balaban J connectivity index is 1.92. The lowest BCUT2D eigenvalue weighted by Crippen LogP contribution is -2.37. The van der Waals surface area contributed by atoms with Crippen molar-refractivity contribution in [3.05, 3.63) is 48.8 Å². The van der Waals surface area contributed by atoms with Gasteiger partial charge in [-0.15, -0.1) is 10.2 Å². The van der Waals surface area contributed by atoms with Crippen molar-refractivity contribution in [3.8, 4) is 11.4 Å². The first-order chi connectivity index (χ1) is 9.29. The van der Waals surface area contributed by atoms with Crippen LogP contribution in [0.5, 0.6) is 0 Å². The van der Waals surface area contributed by atoms with Crippen LogP contribution in [0.1, 0.15) is 5.82 Å². The van der Waals surface area contributed by atoms with E-state index in [1.54, 1.807) is 4.90 Å². The Morgan fingerprint density at radius 3 is 2.74 bits per heavy atom. The van der Waals surface area contributed by atoms with Gasteiger partial charge in [0.2, 0.25) is 5.91 Å². The molecule has 1 amide bonds. The number of fused-ring (bicyclic) bond motifs is 1. The topological polar surface area (TPSA) is 51.0 Å². The van der Waals surface area contributed by atoms with E-state index in [0.717, 1.165) is 17.2 Å². The molecule has 2 heterocycles. The molecule has 0 unspecified atom stereocenters. The maximum absolute atomic E-state index is 11.6. The van der Waals surface area contributed by atoms with Gasteiger partial charge in [-0.25, -0.2) is 0 Å². The van der Waals surface area contributed by atoms with Crippen molar-refractivity contribution in [2.24, 2.45) is 0 Å².